The molecule has 1 aromatic rings. The minimum atomic E-state index is -3.29. The number of hydrogen-bond donors (Lipinski definition) is 2. The molecule has 112 valence electrons. The molecular formula is C14H22N2O3S. The summed E-state index contributed by atoms with van der Waals surface area (Å²) in [4.78, 5) is 0. The summed E-state index contributed by atoms with van der Waals surface area (Å²) in [6.07, 6.45) is 3.38. The van der Waals surface area contributed by atoms with Gasteiger partial charge in [0.15, 0.2) is 0 Å². The third-order valence-corrected chi connectivity index (χ3v) is 4.71. The predicted octanol–water partition coefficient (Wildman–Crippen LogP) is 1.76. The van der Waals surface area contributed by atoms with Crippen molar-refractivity contribution in [2.45, 2.75) is 32.2 Å². The molecule has 1 atom stereocenters. The maximum absolute atomic E-state index is 11.9. The Morgan fingerprint density at radius 3 is 2.85 bits per heavy atom. The molecule has 1 aromatic carbocycles. The van der Waals surface area contributed by atoms with E-state index < -0.39 is 10.0 Å². The Hall–Kier alpha value is -1.27. The van der Waals surface area contributed by atoms with Crippen LogP contribution in [0.4, 0.5) is 5.69 Å². The topological polar surface area (TPSA) is 81.4 Å². The van der Waals surface area contributed by atoms with Crippen LogP contribution in [0.2, 0.25) is 0 Å². The lowest BCUT2D eigenvalue weighted by molar-refractivity contribution is 0.340. The van der Waals surface area contributed by atoms with Gasteiger partial charge < -0.3 is 10.5 Å². The van der Waals surface area contributed by atoms with Gasteiger partial charge in [0.05, 0.1) is 5.75 Å². The minimum Gasteiger partial charge on any atom is -0.492 e. The van der Waals surface area contributed by atoms with E-state index in [2.05, 4.69) is 4.72 Å². The molecule has 0 aliphatic heterocycles. The van der Waals surface area contributed by atoms with E-state index in [1.54, 1.807) is 24.3 Å². The van der Waals surface area contributed by atoms with Gasteiger partial charge in [-0.1, -0.05) is 18.9 Å². The highest BCUT2D eigenvalue weighted by molar-refractivity contribution is 7.89. The summed E-state index contributed by atoms with van der Waals surface area (Å²) in [6.45, 7) is 2.03. The van der Waals surface area contributed by atoms with Crippen LogP contribution in [-0.2, 0) is 10.0 Å². The van der Waals surface area contributed by atoms with E-state index in [4.69, 9.17) is 10.5 Å². The Bertz CT molecular complexity index is 541. The first-order chi connectivity index (χ1) is 9.44. The van der Waals surface area contributed by atoms with Gasteiger partial charge in [0, 0.05) is 17.8 Å². The number of nitrogens with two attached hydrogens (primary N) is 1. The van der Waals surface area contributed by atoms with Gasteiger partial charge in [-0.3, -0.25) is 0 Å². The summed E-state index contributed by atoms with van der Waals surface area (Å²) in [5.74, 6) is 1.25. The van der Waals surface area contributed by atoms with E-state index in [9.17, 15) is 8.42 Å². The summed E-state index contributed by atoms with van der Waals surface area (Å²) in [5.41, 5.74) is 6.22. The highest BCUT2D eigenvalue weighted by Crippen LogP contribution is 2.33. The van der Waals surface area contributed by atoms with Crippen molar-refractivity contribution >= 4 is 15.7 Å². The first kappa shape index (κ1) is 15.1. The molecule has 0 bridgehead atoms. The fourth-order valence-electron chi connectivity index (χ4n) is 2.14. The average molecular weight is 298 g/mol. The third kappa shape index (κ3) is 5.38. The summed E-state index contributed by atoms with van der Waals surface area (Å²) < 4.78 is 31.9. The minimum absolute atomic E-state index is 0.000121. The monoisotopic (exact) mass is 298 g/mol. The van der Waals surface area contributed by atoms with Gasteiger partial charge in [0.1, 0.15) is 12.4 Å². The van der Waals surface area contributed by atoms with E-state index in [1.165, 1.54) is 12.8 Å². The van der Waals surface area contributed by atoms with Crippen LogP contribution in [0.25, 0.3) is 0 Å². The zero-order valence-electron chi connectivity index (χ0n) is 11.7. The lowest BCUT2D eigenvalue weighted by Gasteiger charge is -2.14. The highest BCUT2D eigenvalue weighted by Gasteiger charge is 2.25. The van der Waals surface area contributed by atoms with Crippen LogP contribution in [0.1, 0.15) is 26.2 Å². The first-order valence-corrected chi connectivity index (χ1v) is 8.58. The van der Waals surface area contributed by atoms with E-state index >= 15 is 0 Å². The Kier molecular flexibility index (Phi) is 4.88. The molecule has 0 heterocycles. The molecule has 0 saturated heterocycles. The van der Waals surface area contributed by atoms with Crippen LogP contribution in [0.3, 0.4) is 0 Å². The number of benzene rings is 1. The Labute approximate surface area is 120 Å². The number of ether oxygens (including phenoxy) is 1. The van der Waals surface area contributed by atoms with E-state index in [0.717, 1.165) is 6.42 Å². The summed E-state index contributed by atoms with van der Waals surface area (Å²) >= 11 is 0. The second kappa shape index (κ2) is 6.45. The Morgan fingerprint density at radius 1 is 1.45 bits per heavy atom. The molecule has 0 aromatic heterocycles. The zero-order valence-corrected chi connectivity index (χ0v) is 12.5. The normalized spacial score (nSPS) is 16.9. The second-order valence-corrected chi connectivity index (χ2v) is 7.31. The quantitative estimate of drug-likeness (QED) is 0.716. The molecule has 0 amide bonds. The highest BCUT2D eigenvalue weighted by atomic mass is 32.2. The molecule has 2 rings (SSSR count). The van der Waals surface area contributed by atoms with Gasteiger partial charge in [0.2, 0.25) is 10.0 Å². The lowest BCUT2D eigenvalue weighted by atomic mass is 10.2. The molecule has 6 heteroatoms. The molecule has 20 heavy (non-hydrogen) atoms. The molecule has 3 N–H and O–H groups in total. The van der Waals surface area contributed by atoms with Gasteiger partial charge in [-0.25, -0.2) is 13.1 Å². The molecule has 1 saturated carbocycles. The van der Waals surface area contributed by atoms with Crippen molar-refractivity contribution in [2.24, 2.45) is 5.92 Å². The Morgan fingerprint density at radius 2 is 2.20 bits per heavy atom. The standard InChI is InChI=1S/C14H22N2O3S/c1-11(9-12-5-6-12)16-20(17,18)8-7-19-14-4-2-3-13(15)10-14/h2-4,10-12,16H,5-9,15H2,1H3. The lowest BCUT2D eigenvalue weighted by Crippen LogP contribution is -2.36. The predicted molar refractivity (Wildman–Crippen MR) is 80.1 cm³/mol. The zero-order chi connectivity index (χ0) is 14.6. The number of nitrogens with one attached hydrogen (secondary N) is 1. The van der Waals surface area contributed by atoms with Crippen molar-refractivity contribution in [1.82, 2.24) is 4.72 Å². The number of nitrogen functional groups attached to an aromatic ring is 1. The number of anilines is 1. The van der Waals surface area contributed by atoms with Gasteiger partial charge in [-0.2, -0.15) is 0 Å². The summed E-state index contributed by atoms with van der Waals surface area (Å²) in [7, 11) is -3.29. The summed E-state index contributed by atoms with van der Waals surface area (Å²) in [6, 6.07) is 6.96. The SMILES string of the molecule is CC(CC1CC1)NS(=O)(=O)CCOc1cccc(N)c1. The fourth-order valence-corrected chi connectivity index (χ4v) is 3.27. The van der Waals surface area contributed by atoms with E-state index in [1.807, 2.05) is 6.92 Å². The van der Waals surface area contributed by atoms with Crippen molar-refractivity contribution in [3.05, 3.63) is 24.3 Å². The van der Waals surface area contributed by atoms with Crippen LogP contribution in [0.5, 0.6) is 5.75 Å². The smallest absolute Gasteiger partial charge is 0.215 e. The van der Waals surface area contributed by atoms with Gasteiger partial charge in [-0.05, 0) is 31.4 Å². The second-order valence-electron chi connectivity index (χ2n) is 5.44. The molecular weight excluding hydrogens is 276 g/mol. The fraction of sp³-hybridized carbons (Fsp3) is 0.571. The third-order valence-electron chi connectivity index (χ3n) is 3.24. The molecule has 1 aliphatic rings. The molecule has 5 nitrogen and oxygen atoms in total. The maximum atomic E-state index is 11.9. The van der Waals surface area contributed by atoms with E-state index in [-0.39, 0.29) is 18.4 Å². The number of sulfonamides is 1. The van der Waals surface area contributed by atoms with Crippen molar-refractivity contribution in [3.63, 3.8) is 0 Å². The van der Waals surface area contributed by atoms with Crippen LogP contribution in [0.15, 0.2) is 24.3 Å². The Balaban J connectivity index is 1.74. The van der Waals surface area contributed by atoms with Crippen molar-refractivity contribution < 1.29 is 13.2 Å². The van der Waals surface area contributed by atoms with Crippen molar-refractivity contribution in [3.8, 4) is 5.75 Å². The first-order valence-electron chi connectivity index (χ1n) is 6.93. The molecule has 1 unspecified atom stereocenters. The van der Waals surface area contributed by atoms with Crippen LogP contribution < -0.4 is 15.2 Å². The van der Waals surface area contributed by atoms with Crippen molar-refractivity contribution in [1.29, 1.82) is 0 Å². The maximum Gasteiger partial charge on any atom is 0.215 e. The molecule has 1 aliphatic carbocycles. The van der Waals surface area contributed by atoms with Gasteiger partial charge in [0.25, 0.3) is 0 Å². The molecule has 1 fully saturated rings. The average Bonchev–Trinajstić information content (AvgIpc) is 3.11. The largest absolute Gasteiger partial charge is 0.492 e. The van der Waals surface area contributed by atoms with Gasteiger partial charge in [-0.15, -0.1) is 0 Å². The van der Waals surface area contributed by atoms with E-state index in [0.29, 0.717) is 17.4 Å². The van der Waals surface area contributed by atoms with Crippen LogP contribution in [-0.4, -0.2) is 26.8 Å². The van der Waals surface area contributed by atoms with Crippen LogP contribution in [0, 0.1) is 5.92 Å². The summed E-state index contributed by atoms with van der Waals surface area (Å²) in [5, 5.41) is 0. The van der Waals surface area contributed by atoms with Crippen molar-refractivity contribution in [2.75, 3.05) is 18.1 Å². The molecule has 0 spiro atoms. The van der Waals surface area contributed by atoms with Gasteiger partial charge >= 0.3 is 0 Å². The molecule has 0 radical (unpaired) electrons. The number of rotatable bonds is 8. The van der Waals surface area contributed by atoms with Crippen LogP contribution >= 0.6 is 0 Å². The number of hydrogen-bond acceptors (Lipinski definition) is 4.